The summed E-state index contributed by atoms with van der Waals surface area (Å²) in [6, 6.07) is 0.515. The molecule has 0 spiro atoms. The molecule has 3 unspecified atom stereocenters. The highest BCUT2D eigenvalue weighted by molar-refractivity contribution is 5.80. The molecule has 1 aliphatic heterocycles. The molecule has 4 nitrogen and oxygen atoms in total. The van der Waals surface area contributed by atoms with Crippen molar-refractivity contribution in [1.82, 2.24) is 10.6 Å². The maximum Gasteiger partial charge on any atom is 0.227 e. The largest absolute Gasteiger partial charge is 0.379 e. The summed E-state index contributed by atoms with van der Waals surface area (Å²) in [6.45, 7) is 5.78. The third-order valence-electron chi connectivity index (χ3n) is 4.34. The minimum atomic E-state index is -0.0277. The molecule has 0 aromatic heterocycles. The van der Waals surface area contributed by atoms with Crippen molar-refractivity contribution in [2.45, 2.75) is 51.6 Å². The number of hydrogen-bond acceptors (Lipinski definition) is 3. The van der Waals surface area contributed by atoms with Crippen molar-refractivity contribution in [3.63, 3.8) is 0 Å². The second-order valence-corrected chi connectivity index (χ2v) is 6.51. The van der Waals surface area contributed by atoms with Gasteiger partial charge in [-0.1, -0.05) is 20.3 Å². The molecule has 0 aromatic rings. The number of likely N-dealkylation sites (N-methyl/N-ethyl adjacent to an activating group) is 1. The first kappa shape index (κ1) is 13.8. The highest BCUT2D eigenvalue weighted by atomic mass is 16.5. The van der Waals surface area contributed by atoms with Crippen LogP contribution in [-0.4, -0.2) is 38.3 Å². The van der Waals surface area contributed by atoms with Gasteiger partial charge < -0.3 is 15.4 Å². The molecule has 104 valence electrons. The topological polar surface area (TPSA) is 50.4 Å². The van der Waals surface area contributed by atoms with E-state index in [1.165, 1.54) is 12.8 Å². The average Bonchev–Trinajstić information content (AvgIpc) is 2.75. The fourth-order valence-corrected chi connectivity index (χ4v) is 3.23. The van der Waals surface area contributed by atoms with Gasteiger partial charge in [0.05, 0.1) is 19.1 Å². The molecule has 1 amide bonds. The molecular weight excluding hydrogens is 228 g/mol. The predicted molar refractivity (Wildman–Crippen MR) is 71.3 cm³/mol. The number of carbonyl (C=O) groups is 1. The number of ether oxygens (including phenoxy) is 1. The van der Waals surface area contributed by atoms with Crippen LogP contribution in [0.15, 0.2) is 0 Å². The first-order valence-electron chi connectivity index (χ1n) is 7.07. The molecule has 1 saturated heterocycles. The van der Waals surface area contributed by atoms with Gasteiger partial charge in [-0.15, -0.1) is 0 Å². The molecular formula is C14H26N2O2. The molecule has 3 atom stereocenters. The third-order valence-corrected chi connectivity index (χ3v) is 4.34. The van der Waals surface area contributed by atoms with E-state index in [4.69, 9.17) is 4.74 Å². The smallest absolute Gasteiger partial charge is 0.227 e. The van der Waals surface area contributed by atoms with Gasteiger partial charge in [0.15, 0.2) is 0 Å². The summed E-state index contributed by atoms with van der Waals surface area (Å²) in [5.74, 6) is 0.134. The first-order valence-corrected chi connectivity index (χ1v) is 7.07. The Bertz CT molecular complexity index is 304. The quantitative estimate of drug-likeness (QED) is 0.798. The first-order chi connectivity index (χ1) is 8.52. The van der Waals surface area contributed by atoms with Gasteiger partial charge in [-0.3, -0.25) is 4.79 Å². The Morgan fingerprint density at radius 1 is 1.33 bits per heavy atom. The minimum Gasteiger partial charge on any atom is -0.379 e. The van der Waals surface area contributed by atoms with Gasteiger partial charge in [0, 0.05) is 12.1 Å². The number of carbonyl (C=O) groups excluding carboxylic acids is 1. The van der Waals surface area contributed by atoms with E-state index in [2.05, 4.69) is 24.5 Å². The summed E-state index contributed by atoms with van der Waals surface area (Å²) in [6.07, 6.45) is 4.70. The van der Waals surface area contributed by atoms with Crippen molar-refractivity contribution in [3.05, 3.63) is 0 Å². The Balaban J connectivity index is 1.87. The van der Waals surface area contributed by atoms with Crippen LogP contribution in [0.1, 0.15) is 39.5 Å². The molecule has 2 aliphatic rings. The van der Waals surface area contributed by atoms with Crippen LogP contribution < -0.4 is 10.6 Å². The lowest BCUT2D eigenvalue weighted by Crippen LogP contribution is -2.48. The summed E-state index contributed by atoms with van der Waals surface area (Å²) in [7, 11) is 1.89. The monoisotopic (exact) mass is 254 g/mol. The summed E-state index contributed by atoms with van der Waals surface area (Å²) >= 11 is 0. The van der Waals surface area contributed by atoms with Crippen LogP contribution in [0, 0.1) is 11.3 Å². The number of hydrogen-bond donors (Lipinski definition) is 2. The number of amides is 1. The van der Waals surface area contributed by atoms with Gasteiger partial charge in [-0.2, -0.15) is 0 Å². The fraction of sp³-hybridized carbons (Fsp3) is 0.929. The van der Waals surface area contributed by atoms with Crippen molar-refractivity contribution >= 4 is 5.91 Å². The van der Waals surface area contributed by atoms with Gasteiger partial charge in [0.2, 0.25) is 5.91 Å². The Morgan fingerprint density at radius 2 is 2.11 bits per heavy atom. The lowest BCUT2D eigenvalue weighted by molar-refractivity contribution is -0.126. The van der Waals surface area contributed by atoms with E-state index in [0.29, 0.717) is 24.7 Å². The standard InChI is InChI=1S/C14H26N2O2/c1-14(2)6-4-5-10(7-14)16-13(17)11-8-18-9-12(11)15-3/h10-12,15H,4-9H2,1-3H3,(H,16,17). The van der Waals surface area contributed by atoms with Gasteiger partial charge in [-0.25, -0.2) is 0 Å². The van der Waals surface area contributed by atoms with Crippen molar-refractivity contribution < 1.29 is 9.53 Å². The summed E-state index contributed by atoms with van der Waals surface area (Å²) in [5, 5.41) is 6.38. The molecule has 2 fully saturated rings. The van der Waals surface area contributed by atoms with Gasteiger partial charge in [0.1, 0.15) is 0 Å². The maximum absolute atomic E-state index is 12.3. The van der Waals surface area contributed by atoms with Crippen molar-refractivity contribution in [2.24, 2.45) is 11.3 Å². The van der Waals surface area contributed by atoms with Crippen LogP contribution in [-0.2, 0) is 9.53 Å². The minimum absolute atomic E-state index is 0.0277. The van der Waals surface area contributed by atoms with E-state index < -0.39 is 0 Å². The average molecular weight is 254 g/mol. The van der Waals surface area contributed by atoms with Gasteiger partial charge >= 0.3 is 0 Å². The Morgan fingerprint density at radius 3 is 2.78 bits per heavy atom. The molecule has 2 rings (SSSR count). The van der Waals surface area contributed by atoms with Gasteiger partial charge in [-0.05, 0) is 31.7 Å². The highest BCUT2D eigenvalue weighted by Gasteiger charge is 2.35. The summed E-state index contributed by atoms with van der Waals surface area (Å²) < 4.78 is 5.39. The van der Waals surface area contributed by atoms with Crippen LogP contribution in [0.3, 0.4) is 0 Å². The SMILES string of the molecule is CNC1COCC1C(=O)NC1CCCC(C)(C)C1. The van der Waals surface area contributed by atoms with E-state index in [1.807, 2.05) is 7.05 Å². The molecule has 1 saturated carbocycles. The Kier molecular flexibility index (Phi) is 4.28. The van der Waals surface area contributed by atoms with Crippen LogP contribution in [0.4, 0.5) is 0 Å². The van der Waals surface area contributed by atoms with Crippen LogP contribution in [0.5, 0.6) is 0 Å². The highest BCUT2D eigenvalue weighted by Crippen LogP contribution is 2.35. The second kappa shape index (κ2) is 5.57. The number of rotatable bonds is 3. The molecule has 4 heteroatoms. The number of nitrogens with one attached hydrogen (secondary N) is 2. The molecule has 18 heavy (non-hydrogen) atoms. The van der Waals surface area contributed by atoms with Crippen molar-refractivity contribution in [3.8, 4) is 0 Å². The Hall–Kier alpha value is -0.610. The van der Waals surface area contributed by atoms with E-state index in [1.54, 1.807) is 0 Å². The molecule has 0 bridgehead atoms. The summed E-state index contributed by atoms with van der Waals surface area (Å²) in [5.41, 5.74) is 0.366. The molecule has 0 aromatic carbocycles. The predicted octanol–water partition coefficient (Wildman–Crippen LogP) is 1.31. The van der Waals surface area contributed by atoms with Gasteiger partial charge in [0.25, 0.3) is 0 Å². The molecule has 2 N–H and O–H groups in total. The fourth-order valence-electron chi connectivity index (χ4n) is 3.23. The van der Waals surface area contributed by atoms with E-state index in [0.717, 1.165) is 12.8 Å². The van der Waals surface area contributed by atoms with Crippen LogP contribution in [0.2, 0.25) is 0 Å². The van der Waals surface area contributed by atoms with Crippen molar-refractivity contribution in [1.29, 1.82) is 0 Å². The van der Waals surface area contributed by atoms with E-state index >= 15 is 0 Å². The molecule has 1 heterocycles. The van der Waals surface area contributed by atoms with Crippen LogP contribution in [0.25, 0.3) is 0 Å². The normalized spacial score (nSPS) is 35.4. The van der Waals surface area contributed by atoms with Crippen LogP contribution >= 0.6 is 0 Å². The molecule has 1 aliphatic carbocycles. The maximum atomic E-state index is 12.3. The zero-order chi connectivity index (χ0) is 13.2. The lowest BCUT2D eigenvalue weighted by atomic mass is 9.75. The Labute approximate surface area is 110 Å². The lowest BCUT2D eigenvalue weighted by Gasteiger charge is -2.36. The van der Waals surface area contributed by atoms with E-state index in [-0.39, 0.29) is 17.9 Å². The zero-order valence-corrected chi connectivity index (χ0v) is 11.8. The second-order valence-electron chi connectivity index (χ2n) is 6.51. The summed E-state index contributed by atoms with van der Waals surface area (Å²) in [4.78, 5) is 12.3. The van der Waals surface area contributed by atoms with Crippen molar-refractivity contribution in [2.75, 3.05) is 20.3 Å². The zero-order valence-electron chi connectivity index (χ0n) is 11.8. The third kappa shape index (κ3) is 3.23. The molecule has 0 radical (unpaired) electrons. The van der Waals surface area contributed by atoms with E-state index in [9.17, 15) is 4.79 Å².